The first-order valence-electron chi connectivity index (χ1n) is 13.2. The van der Waals surface area contributed by atoms with Crippen molar-refractivity contribution in [3.8, 4) is 0 Å². The number of aromatic nitrogens is 3. The molecule has 3 saturated carbocycles. The first-order valence-corrected chi connectivity index (χ1v) is 13.2. The number of amides is 2. The van der Waals surface area contributed by atoms with Gasteiger partial charge in [0, 0.05) is 25.2 Å². The van der Waals surface area contributed by atoms with E-state index in [2.05, 4.69) is 15.7 Å². The fraction of sp³-hybridized carbons (Fsp3) is 0.692. The average molecular weight is 506 g/mol. The van der Waals surface area contributed by atoms with Crippen molar-refractivity contribution in [1.29, 1.82) is 0 Å². The third-order valence-electron chi connectivity index (χ3n) is 7.91. The lowest BCUT2D eigenvalue weighted by molar-refractivity contribution is -0.124. The van der Waals surface area contributed by atoms with E-state index in [1.54, 1.807) is 16.9 Å². The quantitative estimate of drug-likeness (QED) is 0.491. The number of carbonyl (C=O) groups is 2. The first-order chi connectivity index (χ1) is 17.3. The van der Waals surface area contributed by atoms with Gasteiger partial charge in [0.05, 0.1) is 36.8 Å². The zero-order chi connectivity index (χ0) is 25.4. The Morgan fingerprint density at radius 3 is 2.50 bits per heavy atom. The second kappa shape index (κ2) is 10.0. The second-order valence-corrected chi connectivity index (χ2v) is 10.8. The van der Waals surface area contributed by atoms with Crippen LogP contribution in [0, 0.1) is 23.7 Å². The minimum absolute atomic E-state index is 0.0156. The van der Waals surface area contributed by atoms with Crippen LogP contribution in [0.4, 0.5) is 13.2 Å². The molecule has 3 fully saturated rings. The van der Waals surface area contributed by atoms with Crippen molar-refractivity contribution >= 4 is 17.5 Å². The zero-order valence-electron chi connectivity index (χ0n) is 20.6. The molecule has 2 aromatic rings. The van der Waals surface area contributed by atoms with Gasteiger partial charge in [0.1, 0.15) is 0 Å². The Morgan fingerprint density at radius 1 is 1.14 bits per heavy atom. The highest BCUT2D eigenvalue weighted by molar-refractivity contribution is 5.82. The molecule has 4 atom stereocenters. The van der Waals surface area contributed by atoms with Crippen molar-refractivity contribution < 1.29 is 22.8 Å². The molecule has 0 unspecified atom stereocenters. The van der Waals surface area contributed by atoms with E-state index >= 15 is 0 Å². The largest absolute Gasteiger partial charge is 0.349 e. The van der Waals surface area contributed by atoms with E-state index in [0.717, 1.165) is 24.8 Å². The molecule has 0 aromatic carbocycles. The summed E-state index contributed by atoms with van der Waals surface area (Å²) in [4.78, 5) is 29.8. The van der Waals surface area contributed by atoms with E-state index in [-0.39, 0.29) is 61.3 Å². The number of nitrogens with one attached hydrogen (secondary N) is 2. The van der Waals surface area contributed by atoms with Crippen LogP contribution in [-0.2, 0) is 9.59 Å². The lowest BCUT2D eigenvalue weighted by Gasteiger charge is -2.33. The molecule has 3 aliphatic carbocycles. The topological polar surface area (TPSA) is 88.4 Å². The van der Waals surface area contributed by atoms with Gasteiger partial charge in [0.15, 0.2) is 5.65 Å². The maximum Gasteiger partial charge on any atom is 0.248 e. The first kappa shape index (κ1) is 25.0. The monoisotopic (exact) mass is 505 g/mol. The Balaban J connectivity index is 1.39. The van der Waals surface area contributed by atoms with Crippen molar-refractivity contribution in [2.45, 2.75) is 82.7 Å². The molecule has 2 heterocycles. The maximum absolute atomic E-state index is 13.8. The van der Waals surface area contributed by atoms with Gasteiger partial charge in [-0.25, -0.2) is 18.3 Å². The van der Waals surface area contributed by atoms with Gasteiger partial charge in [-0.2, -0.15) is 5.10 Å². The second-order valence-electron chi connectivity index (χ2n) is 10.8. The van der Waals surface area contributed by atoms with Crippen LogP contribution in [0.5, 0.6) is 0 Å². The fourth-order valence-corrected chi connectivity index (χ4v) is 5.43. The van der Waals surface area contributed by atoms with Gasteiger partial charge in [-0.1, -0.05) is 6.92 Å². The Labute approximate surface area is 208 Å². The molecular weight excluding hydrogens is 471 g/mol. The van der Waals surface area contributed by atoms with E-state index in [1.807, 2.05) is 13.0 Å². The summed E-state index contributed by atoms with van der Waals surface area (Å²) in [5.41, 5.74) is 2.03. The molecule has 2 amide bonds. The van der Waals surface area contributed by atoms with Crippen molar-refractivity contribution in [1.82, 2.24) is 25.2 Å². The highest BCUT2D eigenvalue weighted by atomic mass is 19.3. The number of rotatable bonds is 10. The predicted molar refractivity (Wildman–Crippen MR) is 127 cm³/mol. The molecule has 0 radical (unpaired) electrons. The summed E-state index contributed by atoms with van der Waals surface area (Å²) in [5.74, 6) is -3.34. The van der Waals surface area contributed by atoms with Crippen molar-refractivity contribution in [2.75, 3.05) is 6.67 Å². The number of halogens is 3. The van der Waals surface area contributed by atoms with E-state index in [4.69, 9.17) is 4.98 Å². The van der Waals surface area contributed by atoms with Crippen molar-refractivity contribution in [3.05, 3.63) is 29.7 Å². The van der Waals surface area contributed by atoms with Gasteiger partial charge in [0.2, 0.25) is 17.7 Å². The molecule has 196 valence electrons. The molecule has 3 aliphatic rings. The summed E-state index contributed by atoms with van der Waals surface area (Å²) in [5, 5.41) is 10.7. The summed E-state index contributed by atoms with van der Waals surface area (Å²) < 4.78 is 42.3. The van der Waals surface area contributed by atoms with Crippen LogP contribution < -0.4 is 10.6 Å². The Kier molecular flexibility index (Phi) is 6.96. The molecule has 5 rings (SSSR count). The smallest absolute Gasteiger partial charge is 0.248 e. The maximum atomic E-state index is 13.8. The molecule has 2 aromatic heterocycles. The molecular formula is C26H34F3N5O2. The van der Waals surface area contributed by atoms with E-state index in [1.165, 1.54) is 0 Å². The summed E-state index contributed by atoms with van der Waals surface area (Å²) >= 11 is 0. The number of imidazole rings is 1. The van der Waals surface area contributed by atoms with Crippen molar-refractivity contribution in [3.63, 3.8) is 0 Å². The molecule has 0 saturated heterocycles. The number of hydrogen-bond donors (Lipinski definition) is 2. The highest BCUT2D eigenvalue weighted by Gasteiger charge is 2.45. The molecule has 0 spiro atoms. The highest BCUT2D eigenvalue weighted by Crippen LogP contribution is 2.44. The normalized spacial score (nSPS) is 25.3. The Hall–Kier alpha value is -2.65. The van der Waals surface area contributed by atoms with Crippen molar-refractivity contribution in [2.24, 2.45) is 23.7 Å². The summed E-state index contributed by atoms with van der Waals surface area (Å²) in [6.45, 7) is 1.44. The third kappa shape index (κ3) is 5.52. The summed E-state index contributed by atoms with van der Waals surface area (Å²) in [6, 6.07) is 1.24. The molecule has 10 heteroatoms. The minimum Gasteiger partial charge on any atom is -0.349 e. The van der Waals surface area contributed by atoms with Gasteiger partial charge in [0.25, 0.3) is 0 Å². The zero-order valence-corrected chi connectivity index (χ0v) is 20.6. The molecule has 36 heavy (non-hydrogen) atoms. The Bertz CT molecular complexity index is 1110. The standard InChI is InChI=1S/C26H34F3N5O2/c1-2-3-22(35)32-23(15-4-5-15)18-11-21-31-20(14-34(21)30-13-18)24(16-6-8-26(28,29)9-7-16)33-25(36)19-10-17(19)12-27/h11,13-17,19,23-24H,2-10,12H2,1H3,(H,32,35)(H,33,36)/t17-,19+,23-,24+/m1/s1. The number of nitrogens with zero attached hydrogens (tertiary/aromatic N) is 3. The summed E-state index contributed by atoms with van der Waals surface area (Å²) in [7, 11) is 0. The van der Waals surface area contributed by atoms with E-state index < -0.39 is 18.6 Å². The van der Waals surface area contributed by atoms with Crippen LogP contribution in [0.3, 0.4) is 0 Å². The number of hydrogen-bond acceptors (Lipinski definition) is 4. The third-order valence-corrected chi connectivity index (χ3v) is 7.91. The van der Waals surface area contributed by atoms with Gasteiger partial charge in [-0.3, -0.25) is 14.0 Å². The van der Waals surface area contributed by atoms with Crippen LogP contribution in [-0.4, -0.2) is 39.0 Å². The lowest BCUT2D eigenvalue weighted by atomic mass is 9.81. The van der Waals surface area contributed by atoms with Gasteiger partial charge in [-0.05, 0) is 67.9 Å². The SMILES string of the molecule is CCCC(=O)N[C@@H](c1cnn2cc([C@@H](NC(=O)[C@H]3C[C@@H]3CF)C3CCC(F)(F)CC3)nc2c1)C1CC1. The van der Waals surface area contributed by atoms with Crippen LogP contribution >= 0.6 is 0 Å². The molecule has 0 aliphatic heterocycles. The van der Waals surface area contributed by atoms with Crippen LogP contribution in [0.15, 0.2) is 18.5 Å². The van der Waals surface area contributed by atoms with Gasteiger partial charge in [-0.15, -0.1) is 0 Å². The van der Waals surface area contributed by atoms with Crippen LogP contribution in [0.2, 0.25) is 0 Å². The fourth-order valence-electron chi connectivity index (χ4n) is 5.43. The van der Waals surface area contributed by atoms with Crippen LogP contribution in [0.1, 0.15) is 88.1 Å². The van der Waals surface area contributed by atoms with Gasteiger partial charge < -0.3 is 10.6 Å². The molecule has 7 nitrogen and oxygen atoms in total. The number of fused-ring (bicyclic) bond motifs is 1. The number of carbonyl (C=O) groups excluding carboxylic acids is 2. The van der Waals surface area contributed by atoms with E-state index in [0.29, 0.717) is 30.1 Å². The predicted octanol–water partition coefficient (Wildman–Crippen LogP) is 4.69. The average Bonchev–Trinajstić information content (AvgIpc) is 3.77. The number of alkyl halides is 3. The minimum atomic E-state index is -2.68. The molecule has 0 bridgehead atoms. The Morgan fingerprint density at radius 2 is 1.86 bits per heavy atom. The van der Waals surface area contributed by atoms with Crippen LogP contribution in [0.25, 0.3) is 5.65 Å². The van der Waals surface area contributed by atoms with E-state index in [9.17, 15) is 22.8 Å². The summed E-state index contributed by atoms with van der Waals surface area (Å²) in [6.07, 6.45) is 7.41. The molecule has 2 N–H and O–H groups in total. The van der Waals surface area contributed by atoms with Gasteiger partial charge >= 0.3 is 0 Å². The lowest BCUT2D eigenvalue weighted by Crippen LogP contribution is -2.38.